The van der Waals surface area contributed by atoms with Crippen molar-refractivity contribution in [1.82, 2.24) is 0 Å². The molecule has 220 valence electrons. The van der Waals surface area contributed by atoms with Gasteiger partial charge < -0.3 is 24.2 Å². The number of aliphatic hydroxyl groups excluding tert-OH is 1. The standard InChI is InChI=1S/C34H42ClNO5/c1-39-32(23-7-5-22(19-37)6-8-23)28-12-9-26(28)18-36-20-34(15-3-4-24-16-27(35)11-13-29(24)34)21-41-31-14-10-25(17-30(31)36)33(38)40-2/h7,10-11,13-14,16-17,22,26,28,32,37H,3-6,8-9,12,15,18-21H2,1-2H3/t22-,26-,28+,32+,34?/m0/s1. The first kappa shape index (κ1) is 28.6. The van der Waals surface area contributed by atoms with Gasteiger partial charge in [-0.3, -0.25) is 0 Å². The Morgan fingerprint density at radius 3 is 2.76 bits per heavy atom. The molecular formula is C34H42ClNO5. The van der Waals surface area contributed by atoms with Crippen LogP contribution in [0.2, 0.25) is 5.02 Å². The number of halogens is 1. The number of rotatable bonds is 7. The van der Waals surface area contributed by atoms with Crippen molar-refractivity contribution < 1.29 is 24.1 Å². The Morgan fingerprint density at radius 2 is 2.05 bits per heavy atom. The number of ether oxygens (including phenoxy) is 3. The van der Waals surface area contributed by atoms with E-state index in [2.05, 4.69) is 23.1 Å². The highest BCUT2D eigenvalue weighted by Crippen LogP contribution is 2.48. The topological polar surface area (TPSA) is 68.2 Å². The Balaban J connectivity index is 1.32. The van der Waals surface area contributed by atoms with Gasteiger partial charge in [-0.2, -0.15) is 0 Å². The highest BCUT2D eigenvalue weighted by molar-refractivity contribution is 6.30. The maximum absolute atomic E-state index is 12.5. The quantitative estimate of drug-likeness (QED) is 0.304. The molecule has 6 rings (SSSR count). The van der Waals surface area contributed by atoms with E-state index in [-0.39, 0.29) is 24.1 Å². The van der Waals surface area contributed by atoms with Gasteiger partial charge in [-0.05, 0) is 116 Å². The van der Waals surface area contributed by atoms with Gasteiger partial charge in [-0.1, -0.05) is 23.7 Å². The minimum atomic E-state index is -0.337. The van der Waals surface area contributed by atoms with Crippen LogP contribution in [0.1, 0.15) is 66.4 Å². The first-order chi connectivity index (χ1) is 19.9. The molecule has 4 aliphatic rings. The molecule has 5 atom stereocenters. The number of allylic oxidation sites excluding steroid dienone is 1. The summed E-state index contributed by atoms with van der Waals surface area (Å²) in [5.74, 6) is 1.77. The zero-order chi connectivity index (χ0) is 28.6. The molecule has 1 aliphatic heterocycles. The number of carbonyl (C=O) groups is 1. The van der Waals surface area contributed by atoms with Gasteiger partial charge in [0.25, 0.3) is 0 Å². The molecule has 0 amide bonds. The lowest BCUT2D eigenvalue weighted by molar-refractivity contribution is 0.00273. The second-order valence-corrected chi connectivity index (χ2v) is 13.0. The highest BCUT2D eigenvalue weighted by atomic mass is 35.5. The molecule has 2 aromatic rings. The van der Waals surface area contributed by atoms with E-state index in [1.807, 2.05) is 25.3 Å². The van der Waals surface area contributed by atoms with E-state index >= 15 is 0 Å². The van der Waals surface area contributed by atoms with Crippen LogP contribution in [0.5, 0.6) is 5.75 Å². The summed E-state index contributed by atoms with van der Waals surface area (Å²) in [6, 6.07) is 12.0. The van der Waals surface area contributed by atoms with Crippen molar-refractivity contribution in [2.75, 3.05) is 45.4 Å². The molecule has 7 heteroatoms. The van der Waals surface area contributed by atoms with Crippen molar-refractivity contribution in [2.24, 2.45) is 17.8 Å². The van der Waals surface area contributed by atoms with Crippen LogP contribution in [0.15, 0.2) is 48.0 Å². The summed E-state index contributed by atoms with van der Waals surface area (Å²) >= 11 is 6.42. The van der Waals surface area contributed by atoms with E-state index < -0.39 is 0 Å². The Morgan fingerprint density at radius 1 is 1.17 bits per heavy atom. The zero-order valence-electron chi connectivity index (χ0n) is 24.2. The number of aryl methyl sites for hydroxylation is 1. The first-order valence-corrected chi connectivity index (χ1v) is 15.5. The molecule has 0 aromatic heterocycles. The number of hydrogen-bond acceptors (Lipinski definition) is 6. The lowest BCUT2D eigenvalue weighted by Crippen LogP contribution is -2.50. The molecule has 0 radical (unpaired) electrons. The molecule has 1 N–H and O–H groups in total. The van der Waals surface area contributed by atoms with Gasteiger partial charge in [0.1, 0.15) is 5.75 Å². The van der Waals surface area contributed by atoms with Gasteiger partial charge in [0.05, 0.1) is 31.1 Å². The van der Waals surface area contributed by atoms with Crippen LogP contribution in [-0.4, -0.2) is 57.7 Å². The summed E-state index contributed by atoms with van der Waals surface area (Å²) in [4.78, 5) is 15.0. The van der Waals surface area contributed by atoms with Crippen LogP contribution in [0, 0.1) is 17.8 Å². The van der Waals surface area contributed by atoms with Crippen molar-refractivity contribution in [1.29, 1.82) is 0 Å². The van der Waals surface area contributed by atoms with E-state index in [9.17, 15) is 9.90 Å². The van der Waals surface area contributed by atoms with Crippen molar-refractivity contribution in [2.45, 2.75) is 62.9 Å². The van der Waals surface area contributed by atoms with Gasteiger partial charge in [-0.25, -0.2) is 4.79 Å². The Kier molecular flexibility index (Phi) is 8.35. The fourth-order valence-electron chi connectivity index (χ4n) is 7.80. The van der Waals surface area contributed by atoms with Gasteiger partial charge in [0, 0.05) is 37.2 Å². The number of benzene rings is 2. The second kappa shape index (κ2) is 12.0. The van der Waals surface area contributed by atoms with Crippen LogP contribution >= 0.6 is 11.6 Å². The van der Waals surface area contributed by atoms with Crippen LogP contribution < -0.4 is 9.64 Å². The second-order valence-electron chi connectivity index (χ2n) is 12.5. The van der Waals surface area contributed by atoms with E-state index in [0.29, 0.717) is 29.9 Å². The van der Waals surface area contributed by atoms with Gasteiger partial charge >= 0.3 is 5.97 Å². The SMILES string of the molecule is COC(=O)c1ccc2c(c1)N(C[C@@H]1CC[C@H]1[C@H](OC)C1=CC[C@H](CO)CC1)CC1(CCCc3cc(Cl)ccc31)CO2. The maximum Gasteiger partial charge on any atom is 0.337 e. The third kappa shape index (κ3) is 5.51. The third-order valence-corrected chi connectivity index (χ3v) is 10.4. The summed E-state index contributed by atoms with van der Waals surface area (Å²) < 4.78 is 17.8. The normalized spacial score (nSPS) is 28.0. The number of hydrogen-bond donors (Lipinski definition) is 1. The molecular weight excluding hydrogens is 538 g/mol. The van der Waals surface area contributed by atoms with Crippen molar-refractivity contribution in [3.8, 4) is 5.75 Å². The molecule has 3 aliphatic carbocycles. The smallest absolute Gasteiger partial charge is 0.337 e. The third-order valence-electron chi connectivity index (χ3n) is 10.2. The molecule has 1 heterocycles. The number of nitrogens with zero attached hydrogens (tertiary/aromatic N) is 1. The van der Waals surface area contributed by atoms with E-state index in [0.717, 1.165) is 80.9 Å². The predicted molar refractivity (Wildman–Crippen MR) is 161 cm³/mol. The van der Waals surface area contributed by atoms with E-state index in [4.69, 9.17) is 25.8 Å². The molecule has 6 nitrogen and oxygen atoms in total. The highest BCUT2D eigenvalue weighted by Gasteiger charge is 2.45. The van der Waals surface area contributed by atoms with Crippen LogP contribution in [0.4, 0.5) is 5.69 Å². The molecule has 2 aromatic carbocycles. The number of anilines is 1. The summed E-state index contributed by atoms with van der Waals surface area (Å²) in [5.41, 5.74) is 5.40. The van der Waals surface area contributed by atoms with Crippen molar-refractivity contribution in [3.05, 3.63) is 69.8 Å². The van der Waals surface area contributed by atoms with Crippen molar-refractivity contribution in [3.63, 3.8) is 0 Å². The fraction of sp³-hybridized carbons (Fsp3) is 0.559. The number of aliphatic hydroxyl groups is 1. The average molecular weight is 580 g/mol. The Hall–Kier alpha value is -2.54. The number of fused-ring (bicyclic) bond motifs is 3. The maximum atomic E-state index is 12.5. The van der Waals surface area contributed by atoms with Crippen LogP contribution in [-0.2, 0) is 21.3 Å². The Bertz CT molecular complexity index is 1310. The van der Waals surface area contributed by atoms with Crippen LogP contribution in [0.25, 0.3) is 0 Å². The van der Waals surface area contributed by atoms with Crippen molar-refractivity contribution >= 4 is 23.3 Å². The monoisotopic (exact) mass is 579 g/mol. The average Bonchev–Trinajstić information content (AvgIpc) is 3.14. The minimum absolute atomic E-state index is 0.115. The van der Waals surface area contributed by atoms with Gasteiger partial charge in [0.2, 0.25) is 0 Å². The molecule has 1 unspecified atom stereocenters. The number of esters is 1. The largest absolute Gasteiger partial charge is 0.490 e. The molecule has 0 bridgehead atoms. The lowest BCUT2D eigenvalue weighted by atomic mass is 9.66. The summed E-state index contributed by atoms with van der Waals surface area (Å²) in [6.07, 6.45) is 10.9. The summed E-state index contributed by atoms with van der Waals surface area (Å²) in [5, 5.41) is 10.4. The molecule has 1 spiro atoms. The van der Waals surface area contributed by atoms with Gasteiger partial charge in [0.15, 0.2) is 0 Å². The molecule has 41 heavy (non-hydrogen) atoms. The van der Waals surface area contributed by atoms with E-state index in [1.165, 1.54) is 23.8 Å². The summed E-state index contributed by atoms with van der Waals surface area (Å²) in [6.45, 7) is 2.55. The Labute approximate surface area is 248 Å². The zero-order valence-corrected chi connectivity index (χ0v) is 25.0. The minimum Gasteiger partial charge on any atom is -0.490 e. The number of carbonyl (C=O) groups excluding carboxylic acids is 1. The number of methoxy groups -OCH3 is 2. The first-order valence-electron chi connectivity index (χ1n) is 15.2. The molecule has 1 fully saturated rings. The molecule has 1 saturated carbocycles. The van der Waals surface area contributed by atoms with Crippen LogP contribution in [0.3, 0.4) is 0 Å². The fourth-order valence-corrected chi connectivity index (χ4v) is 7.99. The van der Waals surface area contributed by atoms with E-state index in [1.54, 1.807) is 6.07 Å². The lowest BCUT2D eigenvalue weighted by Gasteiger charge is -2.47. The summed E-state index contributed by atoms with van der Waals surface area (Å²) in [7, 11) is 3.27. The predicted octanol–water partition coefficient (Wildman–Crippen LogP) is 6.36. The van der Waals surface area contributed by atoms with Gasteiger partial charge in [-0.15, -0.1) is 0 Å². The molecule has 0 saturated heterocycles.